The second-order valence-corrected chi connectivity index (χ2v) is 5.36. The lowest BCUT2D eigenvalue weighted by Gasteiger charge is -2.28. The highest BCUT2D eigenvalue weighted by atomic mass is 19.1. The first-order valence-corrected chi connectivity index (χ1v) is 6.94. The molecule has 2 heteroatoms. The van der Waals surface area contributed by atoms with Crippen LogP contribution in [0.3, 0.4) is 0 Å². The van der Waals surface area contributed by atoms with Crippen LogP contribution in [0.5, 0.6) is 0 Å². The highest BCUT2D eigenvalue weighted by Gasteiger charge is 2.22. The topological polar surface area (TPSA) is 23.8 Å². The Morgan fingerprint density at radius 3 is 2.56 bits per heavy atom. The molecule has 0 spiro atoms. The van der Waals surface area contributed by atoms with Gasteiger partial charge in [-0.3, -0.25) is 0 Å². The lowest BCUT2D eigenvalue weighted by molar-refractivity contribution is 0.308. The average molecular weight is 245 g/mol. The first kappa shape index (κ1) is 13.1. The lowest BCUT2D eigenvalue weighted by atomic mass is 9.77. The third-order valence-electron chi connectivity index (χ3n) is 4.13. The number of benzene rings is 1. The zero-order chi connectivity index (χ0) is 13.0. The van der Waals surface area contributed by atoms with Gasteiger partial charge in [0.2, 0.25) is 0 Å². The number of nitrogens with zero attached hydrogens (tertiary/aromatic N) is 1. The number of hydrogen-bond donors (Lipinski definition) is 0. The zero-order valence-corrected chi connectivity index (χ0v) is 11.0. The predicted molar refractivity (Wildman–Crippen MR) is 70.7 cm³/mol. The standard InChI is InChI=1S/C16H20FN/c1-2-3-12-4-6-13(7-5-12)14-8-9-15(11-18)16(17)10-14/h8-10,12-13H,2-7H2,1H3/t12-,13-. The van der Waals surface area contributed by atoms with E-state index in [1.54, 1.807) is 12.1 Å². The third-order valence-corrected chi connectivity index (χ3v) is 4.13. The first-order valence-electron chi connectivity index (χ1n) is 6.94. The second-order valence-electron chi connectivity index (χ2n) is 5.36. The van der Waals surface area contributed by atoms with Crippen LogP contribution in [-0.4, -0.2) is 0 Å². The normalized spacial score (nSPS) is 23.6. The number of rotatable bonds is 3. The SMILES string of the molecule is CCC[C@H]1CC[C@H](c2ccc(C#N)c(F)c2)CC1. The fourth-order valence-corrected chi connectivity index (χ4v) is 3.07. The van der Waals surface area contributed by atoms with Crippen LogP contribution < -0.4 is 0 Å². The zero-order valence-electron chi connectivity index (χ0n) is 11.0. The molecule has 0 unspecified atom stereocenters. The Labute approximate surface area is 109 Å². The van der Waals surface area contributed by atoms with Crippen LogP contribution in [0.1, 0.15) is 62.5 Å². The highest BCUT2D eigenvalue weighted by molar-refractivity contribution is 5.34. The Balaban J connectivity index is 2.02. The van der Waals surface area contributed by atoms with Crippen molar-refractivity contribution in [2.24, 2.45) is 5.92 Å². The lowest BCUT2D eigenvalue weighted by Crippen LogP contribution is -2.13. The van der Waals surface area contributed by atoms with Crippen LogP contribution in [0.4, 0.5) is 4.39 Å². The van der Waals surface area contributed by atoms with Crippen molar-refractivity contribution in [3.63, 3.8) is 0 Å². The van der Waals surface area contributed by atoms with E-state index in [-0.39, 0.29) is 11.4 Å². The Morgan fingerprint density at radius 2 is 2.00 bits per heavy atom. The summed E-state index contributed by atoms with van der Waals surface area (Å²) in [5.41, 5.74) is 1.22. The Morgan fingerprint density at radius 1 is 1.28 bits per heavy atom. The van der Waals surface area contributed by atoms with Gasteiger partial charge in [0.05, 0.1) is 5.56 Å². The van der Waals surface area contributed by atoms with Gasteiger partial charge >= 0.3 is 0 Å². The molecule has 0 saturated heterocycles. The summed E-state index contributed by atoms with van der Waals surface area (Å²) in [6.45, 7) is 2.24. The van der Waals surface area contributed by atoms with Crippen LogP contribution in [-0.2, 0) is 0 Å². The maximum atomic E-state index is 13.6. The van der Waals surface area contributed by atoms with Crippen LogP contribution >= 0.6 is 0 Å². The molecule has 18 heavy (non-hydrogen) atoms. The number of halogens is 1. The van der Waals surface area contributed by atoms with Gasteiger partial charge in [-0.2, -0.15) is 5.26 Å². The minimum absolute atomic E-state index is 0.151. The fourth-order valence-electron chi connectivity index (χ4n) is 3.07. The molecule has 1 nitrogen and oxygen atoms in total. The molecule has 0 heterocycles. The van der Waals surface area contributed by atoms with Gasteiger partial charge in [0.1, 0.15) is 11.9 Å². The summed E-state index contributed by atoms with van der Waals surface area (Å²) in [5, 5.41) is 8.72. The van der Waals surface area contributed by atoms with Crippen molar-refractivity contribution in [2.75, 3.05) is 0 Å². The van der Waals surface area contributed by atoms with Crippen LogP contribution in [0, 0.1) is 23.1 Å². The van der Waals surface area contributed by atoms with Crippen LogP contribution in [0.25, 0.3) is 0 Å². The van der Waals surface area contributed by atoms with Gasteiger partial charge in [0.25, 0.3) is 0 Å². The molecule has 0 radical (unpaired) electrons. The fraction of sp³-hybridized carbons (Fsp3) is 0.562. The molecule has 0 amide bonds. The Kier molecular flexibility index (Phi) is 4.36. The van der Waals surface area contributed by atoms with E-state index in [9.17, 15) is 4.39 Å². The highest BCUT2D eigenvalue weighted by Crippen LogP contribution is 2.37. The average Bonchev–Trinajstić information content (AvgIpc) is 2.40. The molecule has 1 fully saturated rings. The van der Waals surface area contributed by atoms with E-state index in [0.717, 1.165) is 24.3 Å². The van der Waals surface area contributed by atoms with Gasteiger partial charge in [0.15, 0.2) is 0 Å². The summed E-state index contributed by atoms with van der Waals surface area (Å²) in [5.74, 6) is 0.987. The molecule has 1 saturated carbocycles. The summed E-state index contributed by atoms with van der Waals surface area (Å²) in [7, 11) is 0. The molecule has 0 aromatic heterocycles. The van der Waals surface area contributed by atoms with Crippen LogP contribution in [0.15, 0.2) is 18.2 Å². The van der Waals surface area contributed by atoms with Gasteiger partial charge in [-0.05, 0) is 55.2 Å². The van der Waals surface area contributed by atoms with E-state index in [1.165, 1.54) is 25.7 Å². The van der Waals surface area contributed by atoms with E-state index >= 15 is 0 Å². The summed E-state index contributed by atoms with van der Waals surface area (Å²) in [6.07, 6.45) is 7.45. The van der Waals surface area contributed by atoms with E-state index in [0.29, 0.717) is 5.92 Å². The number of hydrogen-bond acceptors (Lipinski definition) is 1. The molecule has 0 atom stereocenters. The largest absolute Gasteiger partial charge is 0.206 e. The molecule has 0 bridgehead atoms. The minimum Gasteiger partial charge on any atom is -0.206 e. The Hall–Kier alpha value is -1.36. The molecule has 1 aliphatic rings. The minimum atomic E-state index is -0.370. The van der Waals surface area contributed by atoms with Crippen molar-refractivity contribution in [3.8, 4) is 6.07 Å². The molecule has 1 aliphatic carbocycles. The van der Waals surface area contributed by atoms with Gasteiger partial charge in [0, 0.05) is 0 Å². The van der Waals surface area contributed by atoms with Crippen molar-refractivity contribution in [3.05, 3.63) is 35.1 Å². The van der Waals surface area contributed by atoms with Crippen molar-refractivity contribution in [1.82, 2.24) is 0 Å². The van der Waals surface area contributed by atoms with E-state index < -0.39 is 0 Å². The summed E-state index contributed by atoms with van der Waals surface area (Å²) < 4.78 is 13.6. The number of nitriles is 1. The molecule has 96 valence electrons. The quantitative estimate of drug-likeness (QED) is 0.752. The van der Waals surface area contributed by atoms with Gasteiger partial charge in [-0.15, -0.1) is 0 Å². The van der Waals surface area contributed by atoms with Gasteiger partial charge in [-0.25, -0.2) is 4.39 Å². The smallest absolute Gasteiger partial charge is 0.141 e. The van der Waals surface area contributed by atoms with Crippen molar-refractivity contribution in [1.29, 1.82) is 5.26 Å². The van der Waals surface area contributed by atoms with Crippen molar-refractivity contribution < 1.29 is 4.39 Å². The molecule has 1 aromatic rings. The summed E-state index contributed by atoms with van der Waals surface area (Å²) in [6, 6.07) is 6.97. The molecule has 0 aliphatic heterocycles. The monoisotopic (exact) mass is 245 g/mol. The van der Waals surface area contributed by atoms with Crippen molar-refractivity contribution in [2.45, 2.75) is 51.4 Å². The molecule has 2 rings (SSSR count). The van der Waals surface area contributed by atoms with Crippen LogP contribution in [0.2, 0.25) is 0 Å². The maximum Gasteiger partial charge on any atom is 0.141 e. The third kappa shape index (κ3) is 2.90. The summed E-state index contributed by atoms with van der Waals surface area (Å²) >= 11 is 0. The molecular formula is C16H20FN. The molecule has 0 N–H and O–H groups in total. The predicted octanol–water partition coefficient (Wildman–Crippen LogP) is 4.77. The Bertz CT molecular complexity index is 439. The first-order chi connectivity index (χ1) is 8.74. The van der Waals surface area contributed by atoms with E-state index in [4.69, 9.17) is 5.26 Å². The second kappa shape index (κ2) is 6.00. The van der Waals surface area contributed by atoms with Crippen molar-refractivity contribution >= 4 is 0 Å². The summed E-state index contributed by atoms with van der Waals surface area (Å²) in [4.78, 5) is 0. The van der Waals surface area contributed by atoms with Gasteiger partial charge in [-0.1, -0.05) is 25.8 Å². The van der Waals surface area contributed by atoms with E-state index in [2.05, 4.69) is 6.92 Å². The van der Waals surface area contributed by atoms with E-state index in [1.807, 2.05) is 12.1 Å². The molecule has 1 aromatic carbocycles. The maximum absolute atomic E-state index is 13.6. The van der Waals surface area contributed by atoms with Gasteiger partial charge < -0.3 is 0 Å². The molecular weight excluding hydrogens is 225 g/mol.